The number of aryl methyl sites for hydroxylation is 1. The van der Waals surface area contributed by atoms with Crippen molar-refractivity contribution in [2.75, 3.05) is 0 Å². The van der Waals surface area contributed by atoms with E-state index in [4.69, 9.17) is 0 Å². The zero-order valence-corrected chi connectivity index (χ0v) is 9.33. The molecular weight excluding hydrogens is 184 g/mol. The Kier molecular flexibility index (Phi) is 2.90. The van der Waals surface area contributed by atoms with Gasteiger partial charge >= 0.3 is 0 Å². The van der Waals surface area contributed by atoms with E-state index in [-0.39, 0.29) is 5.41 Å². The normalized spacial score (nSPS) is 24.6. The largest absolute Gasteiger partial charge is 0.303 e. The Morgan fingerprint density at radius 2 is 2.07 bits per heavy atom. The minimum absolute atomic E-state index is 0.246. The summed E-state index contributed by atoms with van der Waals surface area (Å²) >= 11 is 0. The fourth-order valence-corrected chi connectivity index (χ4v) is 2.66. The quantitative estimate of drug-likeness (QED) is 0.688. The third kappa shape index (κ3) is 1.97. The Hall–Kier alpha value is -1.11. The van der Waals surface area contributed by atoms with Crippen molar-refractivity contribution in [1.82, 2.24) is 0 Å². The summed E-state index contributed by atoms with van der Waals surface area (Å²) in [6.07, 6.45) is 6.31. The van der Waals surface area contributed by atoms with E-state index in [0.29, 0.717) is 0 Å². The molecule has 0 saturated heterocycles. The number of hydrogen-bond donors (Lipinski definition) is 0. The molecule has 1 aliphatic rings. The highest BCUT2D eigenvalue weighted by Crippen LogP contribution is 2.40. The summed E-state index contributed by atoms with van der Waals surface area (Å²) in [5.41, 5.74) is 3.18. The van der Waals surface area contributed by atoms with Crippen molar-refractivity contribution in [1.29, 1.82) is 0 Å². The van der Waals surface area contributed by atoms with E-state index in [1.54, 1.807) is 0 Å². The van der Waals surface area contributed by atoms with Crippen molar-refractivity contribution in [2.45, 2.75) is 39.0 Å². The lowest BCUT2D eigenvalue weighted by Crippen LogP contribution is -2.28. The number of carbonyl (C=O) groups excluding carboxylic acids is 1. The van der Waals surface area contributed by atoms with Gasteiger partial charge in [0.05, 0.1) is 0 Å². The van der Waals surface area contributed by atoms with Crippen molar-refractivity contribution in [2.24, 2.45) is 5.41 Å². The van der Waals surface area contributed by atoms with Gasteiger partial charge in [-0.1, -0.05) is 31.2 Å². The van der Waals surface area contributed by atoms with Gasteiger partial charge in [-0.15, -0.1) is 0 Å². The van der Waals surface area contributed by atoms with Gasteiger partial charge in [0.25, 0.3) is 0 Å². The van der Waals surface area contributed by atoms with Crippen LogP contribution in [0, 0.1) is 5.41 Å². The van der Waals surface area contributed by atoms with Gasteiger partial charge in [-0.25, -0.2) is 0 Å². The van der Waals surface area contributed by atoms with Crippen LogP contribution in [0.1, 0.15) is 37.3 Å². The summed E-state index contributed by atoms with van der Waals surface area (Å²) in [5.74, 6) is 0. The molecular formula is C14H18O. The molecule has 1 aliphatic carbocycles. The van der Waals surface area contributed by atoms with Gasteiger partial charge in [-0.05, 0) is 42.2 Å². The van der Waals surface area contributed by atoms with E-state index in [0.717, 1.165) is 32.0 Å². The highest BCUT2D eigenvalue weighted by atomic mass is 16.1. The molecule has 1 atom stereocenters. The Morgan fingerprint density at radius 3 is 2.73 bits per heavy atom. The van der Waals surface area contributed by atoms with Crippen LogP contribution in [0.3, 0.4) is 0 Å². The fraction of sp³-hybridized carbons (Fsp3) is 0.500. The standard InChI is InChI=1S/C14H18O/c1-2-14(9-10-15)8-7-12-5-3-4-6-13(12)11-14/h3-6,10H,2,7-9,11H2,1H3. The van der Waals surface area contributed by atoms with E-state index in [1.807, 2.05) is 0 Å². The molecule has 1 heteroatoms. The van der Waals surface area contributed by atoms with E-state index in [1.165, 1.54) is 17.5 Å². The number of rotatable bonds is 3. The molecule has 0 aliphatic heterocycles. The summed E-state index contributed by atoms with van der Waals surface area (Å²) in [7, 11) is 0. The van der Waals surface area contributed by atoms with Gasteiger partial charge < -0.3 is 4.79 Å². The maximum absolute atomic E-state index is 10.7. The number of fused-ring (bicyclic) bond motifs is 1. The SMILES string of the molecule is CCC1(CC=O)CCc2ccccc2C1. The van der Waals surface area contributed by atoms with Crippen LogP contribution in [0.25, 0.3) is 0 Å². The monoisotopic (exact) mass is 202 g/mol. The van der Waals surface area contributed by atoms with Gasteiger partial charge in [0.1, 0.15) is 6.29 Å². The van der Waals surface area contributed by atoms with Crippen LogP contribution >= 0.6 is 0 Å². The van der Waals surface area contributed by atoms with Crippen LogP contribution in [-0.4, -0.2) is 6.29 Å². The summed E-state index contributed by atoms with van der Waals surface area (Å²) in [6, 6.07) is 8.64. The average molecular weight is 202 g/mol. The Bertz CT molecular complexity index is 356. The lowest BCUT2D eigenvalue weighted by molar-refractivity contribution is -0.110. The summed E-state index contributed by atoms with van der Waals surface area (Å²) in [4.78, 5) is 10.7. The van der Waals surface area contributed by atoms with E-state index < -0.39 is 0 Å². The molecule has 0 fully saturated rings. The molecule has 80 valence electrons. The van der Waals surface area contributed by atoms with Gasteiger partial charge in [0.2, 0.25) is 0 Å². The third-order valence-electron chi connectivity index (χ3n) is 3.87. The van der Waals surface area contributed by atoms with Crippen molar-refractivity contribution < 1.29 is 4.79 Å². The first-order valence-electron chi connectivity index (χ1n) is 5.80. The molecule has 0 N–H and O–H groups in total. The first kappa shape index (κ1) is 10.4. The minimum atomic E-state index is 0.246. The van der Waals surface area contributed by atoms with Gasteiger partial charge in [0, 0.05) is 6.42 Å². The van der Waals surface area contributed by atoms with Crippen LogP contribution in [0.4, 0.5) is 0 Å². The number of benzene rings is 1. The minimum Gasteiger partial charge on any atom is -0.303 e. The predicted octanol–water partition coefficient (Wildman–Crippen LogP) is 3.16. The second-order valence-corrected chi connectivity index (χ2v) is 4.67. The molecule has 0 saturated carbocycles. The summed E-state index contributed by atoms with van der Waals surface area (Å²) in [6.45, 7) is 2.21. The topological polar surface area (TPSA) is 17.1 Å². The van der Waals surface area contributed by atoms with Crippen LogP contribution in [0.15, 0.2) is 24.3 Å². The second kappa shape index (κ2) is 4.18. The third-order valence-corrected chi connectivity index (χ3v) is 3.87. The zero-order valence-electron chi connectivity index (χ0n) is 9.33. The van der Waals surface area contributed by atoms with Crippen LogP contribution < -0.4 is 0 Å². The van der Waals surface area contributed by atoms with Gasteiger partial charge in [-0.3, -0.25) is 0 Å². The second-order valence-electron chi connectivity index (χ2n) is 4.67. The van der Waals surface area contributed by atoms with E-state index in [2.05, 4.69) is 31.2 Å². The molecule has 1 aromatic rings. The molecule has 0 spiro atoms. The number of hydrogen-bond acceptors (Lipinski definition) is 1. The Morgan fingerprint density at radius 1 is 1.33 bits per heavy atom. The molecule has 1 unspecified atom stereocenters. The average Bonchev–Trinajstić information content (AvgIpc) is 2.29. The molecule has 15 heavy (non-hydrogen) atoms. The Labute approximate surface area is 91.5 Å². The van der Waals surface area contributed by atoms with Gasteiger partial charge in [0.15, 0.2) is 0 Å². The lowest BCUT2D eigenvalue weighted by atomic mass is 9.68. The first-order valence-corrected chi connectivity index (χ1v) is 5.80. The van der Waals surface area contributed by atoms with E-state index >= 15 is 0 Å². The predicted molar refractivity (Wildman–Crippen MR) is 61.9 cm³/mol. The molecule has 0 bridgehead atoms. The van der Waals surface area contributed by atoms with Crippen molar-refractivity contribution in [3.63, 3.8) is 0 Å². The maximum atomic E-state index is 10.7. The highest BCUT2D eigenvalue weighted by Gasteiger charge is 2.31. The first-order chi connectivity index (χ1) is 7.29. The van der Waals surface area contributed by atoms with Crippen LogP contribution in [-0.2, 0) is 17.6 Å². The lowest BCUT2D eigenvalue weighted by Gasteiger charge is -2.36. The molecule has 0 heterocycles. The van der Waals surface area contributed by atoms with Crippen LogP contribution in [0.5, 0.6) is 0 Å². The molecule has 0 radical (unpaired) electrons. The van der Waals surface area contributed by atoms with Crippen LogP contribution in [0.2, 0.25) is 0 Å². The fourth-order valence-electron chi connectivity index (χ4n) is 2.66. The smallest absolute Gasteiger partial charge is 0.120 e. The highest BCUT2D eigenvalue weighted by molar-refractivity contribution is 5.51. The molecule has 2 rings (SSSR count). The van der Waals surface area contributed by atoms with Crippen molar-refractivity contribution >= 4 is 6.29 Å². The van der Waals surface area contributed by atoms with Crippen molar-refractivity contribution in [3.8, 4) is 0 Å². The molecule has 0 aromatic heterocycles. The summed E-state index contributed by atoms with van der Waals surface area (Å²) in [5, 5.41) is 0. The van der Waals surface area contributed by atoms with Crippen molar-refractivity contribution in [3.05, 3.63) is 35.4 Å². The number of carbonyl (C=O) groups is 1. The zero-order chi connectivity index (χ0) is 10.7. The Balaban J connectivity index is 2.26. The summed E-state index contributed by atoms with van der Waals surface area (Å²) < 4.78 is 0. The number of aldehydes is 1. The maximum Gasteiger partial charge on any atom is 0.120 e. The molecule has 1 nitrogen and oxygen atoms in total. The molecule has 1 aromatic carbocycles. The van der Waals surface area contributed by atoms with E-state index in [9.17, 15) is 4.79 Å². The molecule has 0 amide bonds. The van der Waals surface area contributed by atoms with Gasteiger partial charge in [-0.2, -0.15) is 0 Å².